The maximum atomic E-state index is 10.8. The molecule has 0 aliphatic carbocycles. The topological polar surface area (TPSA) is 48.4 Å². The summed E-state index contributed by atoms with van der Waals surface area (Å²) in [6, 6.07) is 11.6. The predicted molar refractivity (Wildman–Crippen MR) is 85.8 cm³/mol. The Balaban J connectivity index is 1.72. The van der Waals surface area contributed by atoms with Gasteiger partial charge in [0.15, 0.2) is 6.29 Å². The van der Waals surface area contributed by atoms with Gasteiger partial charge in [0.25, 0.3) is 0 Å². The van der Waals surface area contributed by atoms with Crippen LogP contribution in [-0.2, 0) is 6.42 Å². The number of ether oxygens (including phenoxy) is 2. The minimum atomic E-state index is 0.410. The molecule has 4 heteroatoms. The Morgan fingerprint density at radius 3 is 2.55 bits per heavy atom. The second kappa shape index (κ2) is 8.17. The molecular weight excluding hydrogens is 278 g/mol. The van der Waals surface area contributed by atoms with Gasteiger partial charge in [-0.3, -0.25) is 9.78 Å². The minimum absolute atomic E-state index is 0.410. The van der Waals surface area contributed by atoms with Crippen LogP contribution in [0.3, 0.4) is 0 Å². The summed E-state index contributed by atoms with van der Waals surface area (Å²) in [6.45, 7) is 2.49. The van der Waals surface area contributed by atoms with Crippen LogP contribution < -0.4 is 9.47 Å². The van der Waals surface area contributed by atoms with Crippen molar-refractivity contribution in [3.8, 4) is 11.5 Å². The molecule has 0 saturated heterocycles. The van der Waals surface area contributed by atoms with Gasteiger partial charge in [-0.1, -0.05) is 12.1 Å². The fourth-order valence-corrected chi connectivity index (χ4v) is 2.22. The Labute approximate surface area is 131 Å². The molecule has 1 heterocycles. The third kappa shape index (κ3) is 4.88. The zero-order valence-electron chi connectivity index (χ0n) is 13.0. The van der Waals surface area contributed by atoms with E-state index in [1.807, 2.05) is 25.1 Å². The van der Waals surface area contributed by atoms with Crippen LogP contribution in [0, 0.1) is 6.92 Å². The first-order valence-corrected chi connectivity index (χ1v) is 7.41. The largest absolute Gasteiger partial charge is 0.497 e. The third-order valence-corrected chi connectivity index (χ3v) is 3.36. The number of aryl methyl sites for hydroxylation is 2. The number of aldehydes is 1. The van der Waals surface area contributed by atoms with Crippen LogP contribution in [0.25, 0.3) is 0 Å². The number of unbranched alkanes of at least 4 members (excludes halogenated alkanes) is 1. The lowest BCUT2D eigenvalue weighted by Gasteiger charge is -2.08. The zero-order chi connectivity index (χ0) is 15.8. The van der Waals surface area contributed by atoms with Crippen LogP contribution in [0.15, 0.2) is 36.4 Å². The first-order valence-electron chi connectivity index (χ1n) is 7.41. The second-order valence-corrected chi connectivity index (χ2v) is 5.14. The van der Waals surface area contributed by atoms with Gasteiger partial charge in [-0.15, -0.1) is 0 Å². The number of carbonyl (C=O) groups excluding carboxylic acids is 1. The fraction of sp³-hybridized carbons (Fsp3) is 0.333. The first kappa shape index (κ1) is 16.0. The van der Waals surface area contributed by atoms with Crippen molar-refractivity contribution in [1.82, 2.24) is 4.98 Å². The van der Waals surface area contributed by atoms with Gasteiger partial charge in [-0.2, -0.15) is 0 Å². The monoisotopic (exact) mass is 299 g/mol. The van der Waals surface area contributed by atoms with Crippen molar-refractivity contribution in [2.75, 3.05) is 13.7 Å². The Hall–Kier alpha value is -2.36. The van der Waals surface area contributed by atoms with Gasteiger partial charge in [0.05, 0.1) is 13.7 Å². The number of methoxy groups -OCH3 is 1. The molecule has 0 unspecified atom stereocenters. The van der Waals surface area contributed by atoms with Crippen molar-refractivity contribution < 1.29 is 14.3 Å². The number of nitrogens with zero attached hydrogens (tertiary/aromatic N) is 1. The number of rotatable bonds is 8. The molecule has 1 aromatic heterocycles. The molecule has 0 aliphatic rings. The van der Waals surface area contributed by atoms with E-state index >= 15 is 0 Å². The summed E-state index contributed by atoms with van der Waals surface area (Å²) in [6.07, 6.45) is 3.77. The van der Waals surface area contributed by atoms with Gasteiger partial charge in [-0.05, 0) is 43.9 Å². The highest BCUT2D eigenvalue weighted by atomic mass is 16.5. The van der Waals surface area contributed by atoms with Crippen molar-refractivity contribution in [2.24, 2.45) is 0 Å². The first-order chi connectivity index (χ1) is 10.7. The van der Waals surface area contributed by atoms with E-state index in [-0.39, 0.29) is 0 Å². The van der Waals surface area contributed by atoms with E-state index < -0.39 is 0 Å². The molecule has 0 saturated carbocycles. The number of aromatic nitrogens is 1. The standard InChI is InChI=1S/C18H21NO3/c1-14-11-18(12-16(13-20)19-14)22-10-4-3-5-15-6-8-17(21-2)9-7-15/h6-9,11-13H,3-5,10H2,1-2H3. The van der Waals surface area contributed by atoms with Crippen LogP contribution in [0.2, 0.25) is 0 Å². The smallest absolute Gasteiger partial charge is 0.168 e. The van der Waals surface area contributed by atoms with E-state index in [9.17, 15) is 4.79 Å². The van der Waals surface area contributed by atoms with Gasteiger partial charge in [0.1, 0.15) is 17.2 Å². The molecule has 0 amide bonds. The molecule has 0 radical (unpaired) electrons. The van der Waals surface area contributed by atoms with Crippen LogP contribution in [-0.4, -0.2) is 25.0 Å². The Morgan fingerprint density at radius 1 is 1.09 bits per heavy atom. The van der Waals surface area contributed by atoms with Crippen molar-refractivity contribution in [3.63, 3.8) is 0 Å². The quantitative estimate of drug-likeness (QED) is 0.552. The molecule has 0 aliphatic heterocycles. The van der Waals surface area contributed by atoms with E-state index in [4.69, 9.17) is 9.47 Å². The van der Waals surface area contributed by atoms with Gasteiger partial charge >= 0.3 is 0 Å². The van der Waals surface area contributed by atoms with Crippen LogP contribution in [0.4, 0.5) is 0 Å². The SMILES string of the molecule is COc1ccc(CCCCOc2cc(C)nc(C=O)c2)cc1. The normalized spacial score (nSPS) is 10.3. The number of hydrogen-bond donors (Lipinski definition) is 0. The lowest BCUT2D eigenvalue weighted by Crippen LogP contribution is -2.00. The molecule has 116 valence electrons. The highest BCUT2D eigenvalue weighted by molar-refractivity contribution is 5.72. The molecule has 0 spiro atoms. The third-order valence-electron chi connectivity index (χ3n) is 3.36. The van der Waals surface area contributed by atoms with Gasteiger partial charge in [-0.25, -0.2) is 0 Å². The number of hydrogen-bond acceptors (Lipinski definition) is 4. The average Bonchev–Trinajstić information content (AvgIpc) is 2.54. The summed E-state index contributed by atoms with van der Waals surface area (Å²) < 4.78 is 10.8. The van der Waals surface area contributed by atoms with E-state index in [2.05, 4.69) is 17.1 Å². The van der Waals surface area contributed by atoms with Crippen LogP contribution in [0.5, 0.6) is 11.5 Å². The summed E-state index contributed by atoms with van der Waals surface area (Å²) in [7, 11) is 1.67. The Kier molecular flexibility index (Phi) is 5.95. The average molecular weight is 299 g/mol. The second-order valence-electron chi connectivity index (χ2n) is 5.14. The summed E-state index contributed by atoms with van der Waals surface area (Å²) in [5.41, 5.74) is 2.50. The number of benzene rings is 1. The van der Waals surface area contributed by atoms with Gasteiger partial charge < -0.3 is 9.47 Å². The van der Waals surface area contributed by atoms with E-state index in [1.165, 1.54) is 5.56 Å². The highest BCUT2D eigenvalue weighted by Crippen LogP contribution is 2.15. The van der Waals surface area contributed by atoms with E-state index in [0.29, 0.717) is 18.1 Å². The van der Waals surface area contributed by atoms with Gasteiger partial charge in [0, 0.05) is 17.8 Å². The molecule has 0 atom stereocenters. The molecular formula is C18H21NO3. The fourth-order valence-electron chi connectivity index (χ4n) is 2.22. The van der Waals surface area contributed by atoms with Crippen molar-refractivity contribution in [1.29, 1.82) is 0 Å². The maximum absolute atomic E-state index is 10.8. The minimum Gasteiger partial charge on any atom is -0.497 e. The predicted octanol–water partition coefficient (Wildman–Crippen LogP) is 3.61. The zero-order valence-corrected chi connectivity index (χ0v) is 13.0. The lowest BCUT2D eigenvalue weighted by molar-refractivity contribution is 0.111. The molecule has 0 bridgehead atoms. The summed E-state index contributed by atoms with van der Waals surface area (Å²) in [5.74, 6) is 1.59. The summed E-state index contributed by atoms with van der Waals surface area (Å²) in [4.78, 5) is 14.9. The lowest BCUT2D eigenvalue weighted by atomic mass is 10.1. The molecule has 0 fully saturated rings. The van der Waals surface area contributed by atoms with Crippen molar-refractivity contribution in [3.05, 3.63) is 53.3 Å². The highest BCUT2D eigenvalue weighted by Gasteiger charge is 2.01. The molecule has 2 aromatic rings. The maximum Gasteiger partial charge on any atom is 0.168 e. The molecule has 4 nitrogen and oxygen atoms in total. The number of carbonyl (C=O) groups is 1. The van der Waals surface area contributed by atoms with Gasteiger partial charge in [0.2, 0.25) is 0 Å². The molecule has 2 rings (SSSR count). The van der Waals surface area contributed by atoms with Crippen LogP contribution >= 0.6 is 0 Å². The van der Waals surface area contributed by atoms with Crippen molar-refractivity contribution in [2.45, 2.75) is 26.2 Å². The van der Waals surface area contributed by atoms with E-state index in [0.717, 1.165) is 37.0 Å². The van der Waals surface area contributed by atoms with Crippen LogP contribution in [0.1, 0.15) is 34.6 Å². The molecule has 0 N–H and O–H groups in total. The van der Waals surface area contributed by atoms with Crippen molar-refractivity contribution >= 4 is 6.29 Å². The Bertz CT molecular complexity index is 608. The molecule has 22 heavy (non-hydrogen) atoms. The number of pyridine rings is 1. The van der Waals surface area contributed by atoms with E-state index in [1.54, 1.807) is 13.2 Å². The molecule has 1 aromatic carbocycles. The summed E-state index contributed by atoms with van der Waals surface area (Å²) >= 11 is 0. The Morgan fingerprint density at radius 2 is 1.86 bits per heavy atom. The summed E-state index contributed by atoms with van der Waals surface area (Å²) in [5, 5.41) is 0.